The molecule has 1 aromatic heterocycles. The Morgan fingerprint density at radius 3 is 3.00 bits per heavy atom. The summed E-state index contributed by atoms with van der Waals surface area (Å²) in [6.07, 6.45) is 2.21. The molecular weight excluding hydrogens is 104 g/mol. The van der Waals surface area contributed by atoms with E-state index in [-0.39, 0.29) is 0 Å². The van der Waals surface area contributed by atoms with Crippen LogP contribution in [0.1, 0.15) is 6.42 Å². The zero-order valence-electron chi connectivity index (χ0n) is 4.49. The van der Waals surface area contributed by atoms with Crippen LogP contribution in [0.3, 0.4) is 0 Å². The standard InChI is InChI=1S/C4H7N4/c1-2-3-8-6-4-5-7-8/h4H,1-3H2. The molecule has 0 atom stereocenters. The normalized spacial score (nSPS) is 9.62. The van der Waals surface area contributed by atoms with Crippen LogP contribution >= 0.6 is 0 Å². The van der Waals surface area contributed by atoms with Crippen LogP contribution in [0.25, 0.3) is 0 Å². The van der Waals surface area contributed by atoms with Gasteiger partial charge in [-0.25, -0.2) is 0 Å². The number of aromatic nitrogens is 4. The van der Waals surface area contributed by atoms with E-state index in [1.807, 2.05) is 0 Å². The molecule has 0 saturated carbocycles. The van der Waals surface area contributed by atoms with Crippen molar-refractivity contribution >= 4 is 0 Å². The van der Waals surface area contributed by atoms with Crippen molar-refractivity contribution in [2.75, 3.05) is 0 Å². The molecule has 0 aliphatic heterocycles. The summed E-state index contributed by atoms with van der Waals surface area (Å²) in [6.45, 7) is 4.38. The molecule has 1 rings (SSSR count). The van der Waals surface area contributed by atoms with Gasteiger partial charge in [-0.15, -0.1) is 10.2 Å². The Morgan fingerprint density at radius 2 is 2.50 bits per heavy atom. The molecular formula is C4H7N4. The van der Waals surface area contributed by atoms with Gasteiger partial charge in [-0.2, -0.15) is 4.80 Å². The number of rotatable bonds is 2. The Labute approximate surface area is 47.5 Å². The van der Waals surface area contributed by atoms with E-state index in [1.54, 1.807) is 0 Å². The summed E-state index contributed by atoms with van der Waals surface area (Å²) in [5, 5.41) is 10.9. The fraction of sp³-hybridized carbons (Fsp3) is 0.500. The van der Waals surface area contributed by atoms with Crippen LogP contribution in [-0.2, 0) is 6.54 Å². The van der Waals surface area contributed by atoms with E-state index in [9.17, 15) is 0 Å². The number of aryl methyl sites for hydroxylation is 1. The highest BCUT2D eigenvalue weighted by Crippen LogP contribution is 1.78. The molecule has 0 saturated heterocycles. The Bertz CT molecular complexity index is 134. The van der Waals surface area contributed by atoms with Gasteiger partial charge in [-0.3, -0.25) is 0 Å². The van der Waals surface area contributed by atoms with Crippen LogP contribution < -0.4 is 0 Å². The lowest BCUT2D eigenvalue weighted by atomic mass is 10.5. The monoisotopic (exact) mass is 111 g/mol. The molecule has 4 heteroatoms. The summed E-state index contributed by atoms with van der Waals surface area (Å²) in [4.78, 5) is 1.51. The van der Waals surface area contributed by atoms with Crippen LogP contribution in [-0.4, -0.2) is 20.2 Å². The molecule has 0 aliphatic rings. The van der Waals surface area contributed by atoms with Gasteiger partial charge in [0.1, 0.15) is 0 Å². The van der Waals surface area contributed by atoms with Gasteiger partial charge >= 0.3 is 0 Å². The van der Waals surface area contributed by atoms with E-state index in [2.05, 4.69) is 22.3 Å². The summed E-state index contributed by atoms with van der Waals surface area (Å²) in [6, 6.07) is 0. The van der Waals surface area contributed by atoms with Gasteiger partial charge in [0, 0.05) is 0 Å². The first kappa shape index (κ1) is 5.21. The third-order valence-electron chi connectivity index (χ3n) is 0.750. The third-order valence-corrected chi connectivity index (χ3v) is 0.750. The van der Waals surface area contributed by atoms with E-state index in [0.717, 1.165) is 13.0 Å². The van der Waals surface area contributed by atoms with Crippen molar-refractivity contribution in [3.8, 4) is 0 Å². The average molecular weight is 111 g/mol. The molecule has 0 spiro atoms. The molecule has 0 N–H and O–H groups in total. The van der Waals surface area contributed by atoms with Crippen LogP contribution in [0.2, 0.25) is 0 Å². The van der Waals surface area contributed by atoms with E-state index >= 15 is 0 Å². The van der Waals surface area contributed by atoms with Crippen molar-refractivity contribution < 1.29 is 0 Å². The molecule has 0 bridgehead atoms. The number of hydrogen-bond acceptors (Lipinski definition) is 3. The van der Waals surface area contributed by atoms with E-state index in [4.69, 9.17) is 0 Å². The lowest BCUT2D eigenvalue weighted by Gasteiger charge is -1.88. The molecule has 8 heavy (non-hydrogen) atoms. The summed E-state index contributed by atoms with van der Waals surface area (Å²) >= 11 is 0. The van der Waals surface area contributed by atoms with E-state index in [1.165, 1.54) is 11.1 Å². The Morgan fingerprint density at radius 1 is 1.62 bits per heavy atom. The molecule has 1 radical (unpaired) electrons. The second-order valence-electron chi connectivity index (χ2n) is 1.39. The molecule has 0 fully saturated rings. The maximum absolute atomic E-state index is 3.76. The minimum atomic E-state index is 0.750. The highest BCUT2D eigenvalue weighted by molar-refractivity contribution is 4.40. The molecule has 1 heterocycles. The van der Waals surface area contributed by atoms with Gasteiger partial charge in [0.05, 0.1) is 6.54 Å². The van der Waals surface area contributed by atoms with Gasteiger partial charge in [0.15, 0.2) is 6.33 Å². The van der Waals surface area contributed by atoms with Gasteiger partial charge in [-0.1, -0.05) is 6.92 Å². The van der Waals surface area contributed by atoms with Crippen LogP contribution in [0.5, 0.6) is 0 Å². The van der Waals surface area contributed by atoms with Crippen LogP contribution in [0, 0.1) is 6.92 Å². The first-order valence-corrected chi connectivity index (χ1v) is 2.43. The van der Waals surface area contributed by atoms with Crippen molar-refractivity contribution in [2.24, 2.45) is 0 Å². The molecule has 0 unspecified atom stereocenters. The van der Waals surface area contributed by atoms with Crippen molar-refractivity contribution in [1.82, 2.24) is 20.2 Å². The first-order chi connectivity index (χ1) is 3.93. The second-order valence-corrected chi connectivity index (χ2v) is 1.39. The van der Waals surface area contributed by atoms with Gasteiger partial charge < -0.3 is 0 Å². The van der Waals surface area contributed by atoms with Crippen LogP contribution in [0.15, 0.2) is 6.33 Å². The van der Waals surface area contributed by atoms with Crippen molar-refractivity contribution in [3.05, 3.63) is 13.3 Å². The smallest absolute Gasteiger partial charge is 0.162 e. The predicted molar refractivity (Wildman–Crippen MR) is 27.8 cm³/mol. The Balaban J connectivity index is 2.50. The first-order valence-electron chi connectivity index (χ1n) is 2.43. The SMILES string of the molecule is [CH2]CCn1ncnn1. The van der Waals surface area contributed by atoms with E-state index < -0.39 is 0 Å². The lowest BCUT2D eigenvalue weighted by molar-refractivity contribution is 0.527. The summed E-state index contributed by atoms with van der Waals surface area (Å²) in [7, 11) is 0. The Hall–Kier alpha value is -0.930. The van der Waals surface area contributed by atoms with Crippen molar-refractivity contribution in [3.63, 3.8) is 0 Å². The van der Waals surface area contributed by atoms with E-state index in [0.29, 0.717) is 0 Å². The largest absolute Gasteiger partial charge is 0.164 e. The molecule has 1 aromatic rings. The number of hydrogen-bond donors (Lipinski definition) is 0. The summed E-state index contributed by atoms with van der Waals surface area (Å²) < 4.78 is 0. The van der Waals surface area contributed by atoms with Gasteiger partial charge in [-0.05, 0) is 11.6 Å². The maximum Gasteiger partial charge on any atom is 0.162 e. The fourth-order valence-electron chi connectivity index (χ4n) is 0.432. The zero-order valence-corrected chi connectivity index (χ0v) is 4.49. The minimum Gasteiger partial charge on any atom is -0.164 e. The predicted octanol–water partition coefficient (Wildman–Crippen LogP) is -0.103. The molecule has 0 amide bonds. The zero-order chi connectivity index (χ0) is 5.82. The topological polar surface area (TPSA) is 43.6 Å². The molecule has 0 aromatic carbocycles. The number of tetrazole rings is 1. The lowest BCUT2D eigenvalue weighted by Crippen LogP contribution is -2.00. The van der Waals surface area contributed by atoms with Crippen LogP contribution in [0.4, 0.5) is 0 Å². The average Bonchev–Trinajstić information content (AvgIpc) is 2.19. The number of nitrogens with zero attached hydrogens (tertiary/aromatic N) is 4. The maximum atomic E-state index is 3.76. The van der Waals surface area contributed by atoms with Gasteiger partial charge in [0.25, 0.3) is 0 Å². The summed E-state index contributed by atoms with van der Waals surface area (Å²) in [5.41, 5.74) is 0. The Kier molecular flexibility index (Phi) is 1.56. The van der Waals surface area contributed by atoms with Crippen molar-refractivity contribution in [1.29, 1.82) is 0 Å². The quantitative estimate of drug-likeness (QED) is 0.535. The second kappa shape index (κ2) is 2.40. The molecule has 4 nitrogen and oxygen atoms in total. The third kappa shape index (κ3) is 1.02. The fourth-order valence-corrected chi connectivity index (χ4v) is 0.432. The highest BCUT2D eigenvalue weighted by Gasteiger charge is 1.85. The molecule has 0 aliphatic carbocycles. The van der Waals surface area contributed by atoms with Gasteiger partial charge in [0.2, 0.25) is 0 Å². The summed E-state index contributed by atoms with van der Waals surface area (Å²) in [5.74, 6) is 0. The minimum absolute atomic E-state index is 0.750. The molecule has 43 valence electrons. The van der Waals surface area contributed by atoms with Crippen molar-refractivity contribution in [2.45, 2.75) is 13.0 Å². The highest BCUT2D eigenvalue weighted by atomic mass is 15.6.